The summed E-state index contributed by atoms with van der Waals surface area (Å²) in [4.78, 5) is 16.9. The van der Waals surface area contributed by atoms with Gasteiger partial charge in [-0.25, -0.2) is 22.9 Å². The van der Waals surface area contributed by atoms with Crippen molar-refractivity contribution in [3.63, 3.8) is 0 Å². The van der Waals surface area contributed by atoms with Crippen LogP contribution >= 0.6 is 0 Å². The Balaban J connectivity index is 1.41. The first-order chi connectivity index (χ1) is 17.2. The van der Waals surface area contributed by atoms with Crippen molar-refractivity contribution in [2.45, 2.75) is 38.5 Å². The average molecular weight is 508 g/mol. The van der Waals surface area contributed by atoms with Crippen LogP contribution in [0.4, 0.5) is 4.79 Å². The third kappa shape index (κ3) is 5.21. The monoisotopic (exact) mass is 507 g/mol. The van der Waals surface area contributed by atoms with Crippen LogP contribution in [0.2, 0.25) is 0 Å². The minimum atomic E-state index is -3.98. The number of sulfonamides is 1. The van der Waals surface area contributed by atoms with Crippen LogP contribution in [-0.4, -0.2) is 37.8 Å². The summed E-state index contributed by atoms with van der Waals surface area (Å²) in [5.74, 6) is 1.75. The summed E-state index contributed by atoms with van der Waals surface area (Å²) in [6, 6.07) is 18.1. The van der Waals surface area contributed by atoms with Crippen LogP contribution in [0.15, 0.2) is 65.6 Å². The summed E-state index contributed by atoms with van der Waals surface area (Å²) in [5, 5.41) is 0. The molecule has 4 rings (SSSR count). The molecule has 0 atom stereocenters. The molecule has 0 unspecified atom stereocenters. The maximum Gasteiger partial charge on any atom is 0.421 e. The van der Waals surface area contributed by atoms with E-state index in [1.165, 1.54) is 12.1 Å². The molecule has 0 saturated heterocycles. The lowest BCUT2D eigenvalue weighted by Gasteiger charge is -2.11. The van der Waals surface area contributed by atoms with Gasteiger partial charge in [0.05, 0.1) is 29.6 Å². The summed E-state index contributed by atoms with van der Waals surface area (Å²) in [5.41, 5.74) is 5.77. The summed E-state index contributed by atoms with van der Waals surface area (Å²) in [6.45, 7) is 5.97. The molecule has 0 spiro atoms. The first kappa shape index (κ1) is 25.2. The van der Waals surface area contributed by atoms with Crippen LogP contribution in [0.5, 0.6) is 5.75 Å². The molecular weight excluding hydrogens is 478 g/mol. The Labute approximate surface area is 210 Å². The Morgan fingerprint density at radius 1 is 1.00 bits per heavy atom. The van der Waals surface area contributed by atoms with Gasteiger partial charge in [0.2, 0.25) is 0 Å². The number of imidazole rings is 1. The van der Waals surface area contributed by atoms with Crippen molar-refractivity contribution < 1.29 is 22.7 Å². The third-order valence-corrected chi connectivity index (χ3v) is 7.33. The lowest BCUT2D eigenvalue weighted by molar-refractivity contribution is 0.154. The van der Waals surface area contributed by atoms with Crippen molar-refractivity contribution in [1.29, 1.82) is 0 Å². The molecule has 0 radical (unpaired) electrons. The number of nitrogens with one attached hydrogen (secondary N) is 1. The Morgan fingerprint density at radius 3 is 2.33 bits per heavy atom. The van der Waals surface area contributed by atoms with Gasteiger partial charge >= 0.3 is 6.09 Å². The summed E-state index contributed by atoms with van der Waals surface area (Å²) in [7, 11) is -2.32. The van der Waals surface area contributed by atoms with E-state index < -0.39 is 16.1 Å². The van der Waals surface area contributed by atoms with Crippen molar-refractivity contribution in [3.8, 4) is 11.4 Å². The normalized spacial score (nSPS) is 11.4. The van der Waals surface area contributed by atoms with Crippen LogP contribution in [0.1, 0.15) is 29.4 Å². The quantitative estimate of drug-likeness (QED) is 0.365. The molecule has 0 aliphatic rings. The second-order valence-corrected chi connectivity index (χ2v) is 10.1. The van der Waals surface area contributed by atoms with Gasteiger partial charge < -0.3 is 9.47 Å². The topological polar surface area (TPSA) is 99.5 Å². The molecule has 0 fully saturated rings. The Kier molecular flexibility index (Phi) is 7.30. The van der Waals surface area contributed by atoms with E-state index in [1.807, 2.05) is 55.0 Å². The standard InChI is InChI=1S/C27H29N3O5S/c1-5-25-28-26-19(3)24(34-4)15-14-23(26)30(25)21-10-8-20(9-11-21)16-17-35-27(31)29-36(32,33)22-12-6-18(2)7-13-22/h6-15H,5,16-17H2,1-4H3,(H,29,31). The number of hydrogen-bond donors (Lipinski definition) is 1. The SMILES string of the molecule is CCc1nc2c(C)c(OC)ccc2n1-c1ccc(CCOC(=O)NS(=O)(=O)c2ccc(C)cc2)cc1. The van der Waals surface area contributed by atoms with Crippen molar-refractivity contribution >= 4 is 27.1 Å². The van der Waals surface area contributed by atoms with Crippen LogP contribution in [0.25, 0.3) is 16.7 Å². The Bertz CT molecular complexity index is 1490. The van der Waals surface area contributed by atoms with E-state index in [0.29, 0.717) is 6.42 Å². The molecule has 1 heterocycles. The molecule has 1 N–H and O–H groups in total. The Hall–Kier alpha value is -3.85. The number of benzene rings is 3. The smallest absolute Gasteiger partial charge is 0.421 e. The first-order valence-corrected chi connectivity index (χ1v) is 13.1. The molecule has 1 amide bonds. The van der Waals surface area contributed by atoms with Gasteiger partial charge in [-0.05, 0) is 55.8 Å². The number of fused-ring (bicyclic) bond motifs is 1. The van der Waals surface area contributed by atoms with Crippen molar-refractivity contribution in [2.24, 2.45) is 0 Å². The fourth-order valence-corrected chi connectivity index (χ4v) is 4.93. The number of methoxy groups -OCH3 is 1. The molecule has 4 aromatic rings. The zero-order chi connectivity index (χ0) is 25.9. The summed E-state index contributed by atoms with van der Waals surface area (Å²) >= 11 is 0. The van der Waals surface area contributed by atoms with E-state index in [-0.39, 0.29) is 11.5 Å². The van der Waals surface area contributed by atoms with Crippen LogP contribution < -0.4 is 9.46 Å². The number of amides is 1. The fourth-order valence-electron chi connectivity index (χ4n) is 4.04. The maximum atomic E-state index is 12.3. The van der Waals surface area contributed by atoms with Crippen molar-refractivity contribution in [1.82, 2.24) is 14.3 Å². The molecule has 188 valence electrons. The van der Waals surface area contributed by atoms with E-state index in [4.69, 9.17) is 14.5 Å². The Morgan fingerprint density at radius 2 is 1.69 bits per heavy atom. The zero-order valence-electron chi connectivity index (χ0n) is 20.7. The fraction of sp³-hybridized carbons (Fsp3) is 0.259. The largest absolute Gasteiger partial charge is 0.496 e. The van der Waals surface area contributed by atoms with E-state index >= 15 is 0 Å². The summed E-state index contributed by atoms with van der Waals surface area (Å²) < 4.78 is 39.2. The van der Waals surface area contributed by atoms with E-state index in [9.17, 15) is 13.2 Å². The number of aromatic nitrogens is 2. The number of hydrogen-bond acceptors (Lipinski definition) is 6. The second kappa shape index (κ2) is 10.4. The predicted molar refractivity (Wildman–Crippen MR) is 138 cm³/mol. The molecule has 0 saturated carbocycles. The zero-order valence-corrected chi connectivity index (χ0v) is 21.6. The lowest BCUT2D eigenvalue weighted by Crippen LogP contribution is -2.31. The third-order valence-electron chi connectivity index (χ3n) is 6.00. The molecule has 0 aliphatic heterocycles. The highest BCUT2D eigenvalue weighted by Gasteiger charge is 2.18. The van der Waals surface area contributed by atoms with Gasteiger partial charge in [0.25, 0.3) is 10.0 Å². The predicted octanol–water partition coefficient (Wildman–Crippen LogP) is 4.87. The van der Waals surface area contributed by atoms with E-state index in [2.05, 4.69) is 11.5 Å². The maximum absolute atomic E-state index is 12.3. The van der Waals surface area contributed by atoms with Crippen LogP contribution in [0, 0.1) is 13.8 Å². The number of nitrogens with zero attached hydrogens (tertiary/aromatic N) is 2. The van der Waals surface area contributed by atoms with Crippen molar-refractivity contribution in [3.05, 3.63) is 83.2 Å². The van der Waals surface area contributed by atoms with Crippen LogP contribution in [0.3, 0.4) is 0 Å². The highest BCUT2D eigenvalue weighted by atomic mass is 32.2. The van der Waals surface area contributed by atoms with Gasteiger partial charge in [0.1, 0.15) is 11.6 Å². The molecule has 1 aromatic heterocycles. The molecule has 0 aliphatic carbocycles. The highest BCUT2D eigenvalue weighted by molar-refractivity contribution is 7.90. The summed E-state index contributed by atoms with van der Waals surface area (Å²) in [6.07, 6.45) is 0.211. The van der Waals surface area contributed by atoms with Gasteiger partial charge in [-0.2, -0.15) is 0 Å². The lowest BCUT2D eigenvalue weighted by atomic mass is 10.1. The van der Waals surface area contributed by atoms with Gasteiger partial charge in [-0.1, -0.05) is 36.8 Å². The number of ether oxygens (including phenoxy) is 2. The number of aryl methyl sites for hydroxylation is 3. The molecular formula is C27H29N3O5S. The molecule has 3 aromatic carbocycles. The van der Waals surface area contributed by atoms with Gasteiger partial charge in [0, 0.05) is 24.1 Å². The van der Waals surface area contributed by atoms with Crippen LogP contribution in [-0.2, 0) is 27.6 Å². The van der Waals surface area contributed by atoms with Gasteiger partial charge in [-0.3, -0.25) is 4.57 Å². The molecule has 8 nitrogen and oxygen atoms in total. The van der Waals surface area contributed by atoms with Crippen molar-refractivity contribution in [2.75, 3.05) is 13.7 Å². The minimum Gasteiger partial charge on any atom is -0.496 e. The first-order valence-electron chi connectivity index (χ1n) is 11.6. The van der Waals surface area contributed by atoms with Gasteiger partial charge in [0.15, 0.2) is 0 Å². The molecule has 0 bridgehead atoms. The minimum absolute atomic E-state index is 0.00718. The average Bonchev–Trinajstić information content (AvgIpc) is 3.24. The highest BCUT2D eigenvalue weighted by Crippen LogP contribution is 2.30. The van der Waals surface area contributed by atoms with E-state index in [0.717, 1.165) is 51.4 Å². The number of carbonyl (C=O) groups excluding carboxylic acids is 1. The number of carbonyl (C=O) groups is 1. The molecule has 36 heavy (non-hydrogen) atoms. The molecule has 9 heteroatoms. The number of rotatable bonds is 8. The van der Waals surface area contributed by atoms with E-state index in [1.54, 1.807) is 19.2 Å². The second-order valence-electron chi connectivity index (χ2n) is 8.45. The van der Waals surface area contributed by atoms with Gasteiger partial charge in [-0.15, -0.1) is 0 Å².